The van der Waals surface area contributed by atoms with Gasteiger partial charge in [0, 0.05) is 23.2 Å². The van der Waals surface area contributed by atoms with Crippen LogP contribution in [0, 0.1) is 0 Å². The topological polar surface area (TPSA) is 81.2 Å². The predicted molar refractivity (Wildman–Crippen MR) is 92.1 cm³/mol. The summed E-state index contributed by atoms with van der Waals surface area (Å²) in [6.45, 7) is 7.25. The van der Waals surface area contributed by atoms with Crippen LogP contribution in [0.25, 0.3) is 0 Å². The molecule has 23 heavy (non-hydrogen) atoms. The predicted octanol–water partition coefficient (Wildman–Crippen LogP) is 2.73. The Kier molecular flexibility index (Phi) is 5.26. The number of aromatic nitrogens is 2. The molecule has 0 saturated carbocycles. The molecule has 6 nitrogen and oxygen atoms in total. The molecular formula is C15H21N3O3S2. The first kappa shape index (κ1) is 17.7. The van der Waals surface area contributed by atoms with Crippen molar-refractivity contribution in [3.05, 3.63) is 30.1 Å². The third-order valence-electron chi connectivity index (χ3n) is 3.00. The minimum absolute atomic E-state index is 0.0612. The number of nitrogens with one attached hydrogen (secondary N) is 1. The molecule has 1 aromatic carbocycles. The standard InChI is InChI=1S/C15H21N3O3S2/c1-15(2,3)13-17-14(22-18-13)16-9-10-21-11-5-7-12(8-6-11)23(4,19)20/h5-8H,9-10H2,1-4H3,(H,16,17,18). The van der Waals surface area contributed by atoms with Crippen molar-refractivity contribution in [3.63, 3.8) is 0 Å². The average molecular weight is 355 g/mol. The molecule has 0 fully saturated rings. The van der Waals surface area contributed by atoms with Gasteiger partial charge in [-0.1, -0.05) is 20.8 Å². The minimum Gasteiger partial charge on any atom is -0.492 e. The molecule has 0 spiro atoms. The van der Waals surface area contributed by atoms with E-state index in [2.05, 4.69) is 35.4 Å². The molecule has 126 valence electrons. The van der Waals surface area contributed by atoms with Gasteiger partial charge in [-0.05, 0) is 24.3 Å². The number of benzene rings is 1. The number of hydrogen-bond acceptors (Lipinski definition) is 7. The Morgan fingerprint density at radius 2 is 1.87 bits per heavy atom. The molecule has 1 heterocycles. The number of nitrogens with zero attached hydrogens (tertiary/aromatic N) is 2. The Morgan fingerprint density at radius 1 is 1.22 bits per heavy atom. The van der Waals surface area contributed by atoms with Crippen LogP contribution in [0.3, 0.4) is 0 Å². The normalized spacial score (nSPS) is 12.2. The zero-order chi connectivity index (χ0) is 17.1. The van der Waals surface area contributed by atoms with E-state index < -0.39 is 9.84 Å². The molecule has 0 radical (unpaired) electrons. The number of anilines is 1. The summed E-state index contributed by atoms with van der Waals surface area (Å²) in [4.78, 5) is 4.72. The van der Waals surface area contributed by atoms with Gasteiger partial charge in [-0.2, -0.15) is 4.37 Å². The van der Waals surface area contributed by atoms with Crippen molar-refractivity contribution in [2.45, 2.75) is 31.1 Å². The van der Waals surface area contributed by atoms with Gasteiger partial charge in [-0.15, -0.1) is 0 Å². The Hall–Kier alpha value is -1.67. The third-order valence-corrected chi connectivity index (χ3v) is 4.80. The van der Waals surface area contributed by atoms with Crippen molar-refractivity contribution in [3.8, 4) is 5.75 Å². The van der Waals surface area contributed by atoms with E-state index in [1.807, 2.05) is 0 Å². The van der Waals surface area contributed by atoms with Gasteiger partial charge in [0.1, 0.15) is 18.2 Å². The number of hydrogen-bond donors (Lipinski definition) is 1. The van der Waals surface area contributed by atoms with Crippen LogP contribution in [0.4, 0.5) is 5.13 Å². The summed E-state index contributed by atoms with van der Waals surface area (Å²) in [6, 6.07) is 6.38. The first-order valence-corrected chi connectivity index (χ1v) is 9.84. The largest absolute Gasteiger partial charge is 0.492 e. The van der Waals surface area contributed by atoms with Crippen LogP contribution in [-0.2, 0) is 15.3 Å². The molecule has 0 aliphatic heterocycles. The highest BCUT2D eigenvalue weighted by Gasteiger charge is 2.19. The lowest BCUT2D eigenvalue weighted by molar-refractivity contribution is 0.332. The van der Waals surface area contributed by atoms with Crippen LogP contribution in [0.2, 0.25) is 0 Å². The average Bonchev–Trinajstić information content (AvgIpc) is 2.92. The van der Waals surface area contributed by atoms with E-state index in [9.17, 15) is 8.42 Å². The van der Waals surface area contributed by atoms with Crippen molar-refractivity contribution < 1.29 is 13.2 Å². The van der Waals surface area contributed by atoms with Gasteiger partial charge in [0.05, 0.1) is 11.4 Å². The fourth-order valence-electron chi connectivity index (χ4n) is 1.71. The van der Waals surface area contributed by atoms with E-state index in [1.165, 1.54) is 17.8 Å². The van der Waals surface area contributed by atoms with Crippen molar-refractivity contribution in [2.75, 3.05) is 24.7 Å². The first-order chi connectivity index (χ1) is 10.7. The third kappa shape index (κ3) is 5.18. The lowest BCUT2D eigenvalue weighted by Gasteiger charge is -2.12. The summed E-state index contributed by atoms with van der Waals surface area (Å²) in [5, 5.41) is 3.94. The van der Waals surface area contributed by atoms with Crippen LogP contribution in [0.5, 0.6) is 5.75 Å². The summed E-state index contributed by atoms with van der Waals surface area (Å²) in [5.74, 6) is 1.45. The summed E-state index contributed by atoms with van der Waals surface area (Å²) in [7, 11) is -3.17. The Morgan fingerprint density at radius 3 is 2.39 bits per heavy atom. The molecule has 0 unspecified atom stereocenters. The summed E-state index contributed by atoms with van der Waals surface area (Å²) in [5.41, 5.74) is -0.0612. The fraction of sp³-hybridized carbons (Fsp3) is 0.467. The Balaban J connectivity index is 1.80. The van der Waals surface area contributed by atoms with Gasteiger partial charge in [0.15, 0.2) is 9.84 Å². The molecule has 0 atom stereocenters. The van der Waals surface area contributed by atoms with Crippen LogP contribution < -0.4 is 10.1 Å². The fourth-order valence-corrected chi connectivity index (χ4v) is 3.12. The molecule has 1 aromatic heterocycles. The van der Waals surface area contributed by atoms with Gasteiger partial charge in [0.25, 0.3) is 0 Å². The molecule has 2 aromatic rings. The van der Waals surface area contributed by atoms with Crippen LogP contribution in [0.15, 0.2) is 29.2 Å². The molecule has 0 bridgehead atoms. The highest BCUT2D eigenvalue weighted by atomic mass is 32.2. The maximum atomic E-state index is 11.4. The number of sulfone groups is 1. The Bertz CT molecular complexity index is 747. The molecule has 1 N–H and O–H groups in total. The smallest absolute Gasteiger partial charge is 0.202 e. The van der Waals surface area contributed by atoms with E-state index in [0.29, 0.717) is 18.9 Å². The highest BCUT2D eigenvalue weighted by molar-refractivity contribution is 7.90. The van der Waals surface area contributed by atoms with E-state index in [4.69, 9.17) is 4.74 Å². The zero-order valence-corrected chi connectivity index (χ0v) is 15.3. The number of rotatable bonds is 6. The number of ether oxygens (including phenoxy) is 1. The second kappa shape index (κ2) is 6.84. The first-order valence-electron chi connectivity index (χ1n) is 7.17. The van der Waals surface area contributed by atoms with E-state index in [1.54, 1.807) is 24.3 Å². The van der Waals surface area contributed by atoms with Gasteiger partial charge in [0.2, 0.25) is 5.13 Å². The lowest BCUT2D eigenvalue weighted by Crippen LogP contribution is -2.14. The van der Waals surface area contributed by atoms with Crippen molar-refractivity contribution >= 4 is 26.5 Å². The Labute approximate surface area is 141 Å². The van der Waals surface area contributed by atoms with E-state index in [-0.39, 0.29) is 10.3 Å². The SMILES string of the molecule is CC(C)(C)c1nsc(NCCOc2ccc(S(C)(=O)=O)cc2)n1. The van der Waals surface area contributed by atoms with Gasteiger partial charge >= 0.3 is 0 Å². The quantitative estimate of drug-likeness (QED) is 0.803. The van der Waals surface area contributed by atoms with Gasteiger partial charge in [-0.3, -0.25) is 0 Å². The van der Waals surface area contributed by atoms with Gasteiger partial charge < -0.3 is 10.1 Å². The lowest BCUT2D eigenvalue weighted by atomic mass is 9.96. The minimum atomic E-state index is -3.17. The molecule has 0 aliphatic carbocycles. The van der Waals surface area contributed by atoms with Crippen molar-refractivity contribution in [1.29, 1.82) is 0 Å². The monoisotopic (exact) mass is 355 g/mol. The zero-order valence-electron chi connectivity index (χ0n) is 13.7. The molecule has 0 aliphatic rings. The molecular weight excluding hydrogens is 334 g/mol. The van der Waals surface area contributed by atoms with Crippen LogP contribution >= 0.6 is 11.5 Å². The maximum absolute atomic E-state index is 11.4. The molecule has 8 heteroatoms. The van der Waals surface area contributed by atoms with Crippen LogP contribution in [0.1, 0.15) is 26.6 Å². The highest BCUT2D eigenvalue weighted by Crippen LogP contribution is 2.22. The summed E-state index contributed by atoms with van der Waals surface area (Å²) >= 11 is 1.33. The van der Waals surface area contributed by atoms with E-state index in [0.717, 1.165) is 11.0 Å². The van der Waals surface area contributed by atoms with Crippen molar-refractivity contribution in [1.82, 2.24) is 9.36 Å². The second-order valence-electron chi connectivity index (χ2n) is 6.19. The molecule has 0 amide bonds. The molecule has 2 rings (SSSR count). The molecule has 0 saturated heterocycles. The second-order valence-corrected chi connectivity index (χ2v) is 8.96. The van der Waals surface area contributed by atoms with E-state index >= 15 is 0 Å². The summed E-state index contributed by atoms with van der Waals surface area (Å²) < 4.78 is 32.6. The van der Waals surface area contributed by atoms with Crippen molar-refractivity contribution in [2.24, 2.45) is 0 Å². The maximum Gasteiger partial charge on any atom is 0.202 e. The summed E-state index contributed by atoms with van der Waals surface area (Å²) in [6.07, 6.45) is 1.18. The van der Waals surface area contributed by atoms with Crippen LogP contribution in [-0.4, -0.2) is 37.2 Å². The van der Waals surface area contributed by atoms with Gasteiger partial charge in [-0.25, -0.2) is 13.4 Å².